The molecule has 3 atom stereocenters. The second-order valence-electron chi connectivity index (χ2n) is 5.79. The lowest BCUT2D eigenvalue weighted by Gasteiger charge is -2.28. The quantitative estimate of drug-likeness (QED) is 0.844. The van der Waals surface area contributed by atoms with E-state index in [1.54, 1.807) is 0 Å². The van der Waals surface area contributed by atoms with Crippen LogP contribution in [-0.2, 0) is 14.6 Å². The molecule has 0 spiro atoms. The van der Waals surface area contributed by atoms with Crippen LogP contribution < -0.4 is 5.73 Å². The van der Waals surface area contributed by atoms with Crippen LogP contribution in [0.3, 0.4) is 0 Å². The average molecular weight is 275 g/mol. The molecular weight excluding hydrogens is 250 g/mol. The Hall–Kier alpha value is -0.130. The normalized spacial score (nSPS) is 32.6. The highest BCUT2D eigenvalue weighted by molar-refractivity contribution is 7.92. The van der Waals surface area contributed by atoms with E-state index in [1.807, 2.05) is 6.92 Å². The van der Waals surface area contributed by atoms with E-state index in [2.05, 4.69) is 0 Å². The van der Waals surface area contributed by atoms with E-state index in [1.165, 1.54) is 19.3 Å². The van der Waals surface area contributed by atoms with E-state index in [9.17, 15) is 8.42 Å². The SMILES string of the molecule is CC1OCCC1S(=O)(=O)CC(N)C1CCCCC1. The van der Waals surface area contributed by atoms with Gasteiger partial charge in [-0.3, -0.25) is 0 Å². The maximum atomic E-state index is 12.3. The zero-order valence-electron chi connectivity index (χ0n) is 11.2. The molecule has 5 heteroatoms. The molecule has 1 heterocycles. The molecule has 0 aromatic rings. The Morgan fingerprint density at radius 3 is 2.44 bits per heavy atom. The van der Waals surface area contributed by atoms with Crippen LogP contribution >= 0.6 is 0 Å². The number of nitrogens with two attached hydrogens (primary N) is 1. The molecule has 2 rings (SSSR count). The second kappa shape index (κ2) is 5.88. The number of rotatable bonds is 4. The van der Waals surface area contributed by atoms with Gasteiger partial charge in [-0.05, 0) is 32.1 Å². The first kappa shape index (κ1) is 14.3. The topological polar surface area (TPSA) is 69.4 Å². The zero-order chi connectivity index (χ0) is 13.2. The van der Waals surface area contributed by atoms with Crippen molar-refractivity contribution in [2.45, 2.75) is 62.8 Å². The van der Waals surface area contributed by atoms with Crippen LogP contribution in [0.1, 0.15) is 45.4 Å². The molecular formula is C13H25NO3S. The molecule has 1 saturated carbocycles. The van der Waals surface area contributed by atoms with E-state index in [4.69, 9.17) is 10.5 Å². The van der Waals surface area contributed by atoms with Crippen LogP contribution in [0, 0.1) is 5.92 Å². The van der Waals surface area contributed by atoms with Gasteiger partial charge in [0.05, 0.1) is 17.1 Å². The van der Waals surface area contributed by atoms with Crippen molar-refractivity contribution in [2.75, 3.05) is 12.4 Å². The van der Waals surface area contributed by atoms with E-state index >= 15 is 0 Å². The largest absolute Gasteiger partial charge is 0.377 e. The Labute approximate surface area is 110 Å². The minimum absolute atomic E-state index is 0.135. The fourth-order valence-electron chi connectivity index (χ4n) is 3.27. The molecule has 1 aliphatic heterocycles. The summed E-state index contributed by atoms with van der Waals surface area (Å²) in [5.74, 6) is 0.530. The first-order valence-electron chi connectivity index (χ1n) is 7.09. The van der Waals surface area contributed by atoms with Gasteiger partial charge in [0.25, 0.3) is 0 Å². The molecule has 0 aromatic heterocycles. The van der Waals surface area contributed by atoms with Gasteiger partial charge in [-0.1, -0.05) is 19.3 Å². The summed E-state index contributed by atoms with van der Waals surface area (Å²) in [6.07, 6.45) is 6.29. The molecule has 1 saturated heterocycles. The summed E-state index contributed by atoms with van der Waals surface area (Å²) in [6, 6.07) is -0.192. The van der Waals surface area contributed by atoms with Crippen LogP contribution in [0.4, 0.5) is 0 Å². The first-order valence-corrected chi connectivity index (χ1v) is 8.81. The van der Waals surface area contributed by atoms with Crippen LogP contribution in [-0.4, -0.2) is 38.2 Å². The maximum absolute atomic E-state index is 12.3. The fourth-order valence-corrected chi connectivity index (χ4v) is 5.45. The third kappa shape index (κ3) is 3.25. The smallest absolute Gasteiger partial charge is 0.157 e. The summed E-state index contributed by atoms with van der Waals surface area (Å²) in [5, 5.41) is -0.341. The zero-order valence-corrected chi connectivity index (χ0v) is 12.0. The Morgan fingerprint density at radius 2 is 1.89 bits per heavy atom. The van der Waals surface area contributed by atoms with E-state index < -0.39 is 9.84 Å². The molecule has 2 aliphatic rings. The van der Waals surface area contributed by atoms with Gasteiger partial charge in [0.15, 0.2) is 9.84 Å². The monoisotopic (exact) mass is 275 g/mol. The van der Waals surface area contributed by atoms with Gasteiger partial charge in [-0.15, -0.1) is 0 Å². The second-order valence-corrected chi connectivity index (χ2v) is 8.06. The molecule has 0 radical (unpaired) electrons. The third-order valence-corrected chi connectivity index (χ3v) is 6.84. The predicted octanol–water partition coefficient (Wildman–Crippen LogP) is 1.49. The Balaban J connectivity index is 1.94. The van der Waals surface area contributed by atoms with Crippen LogP contribution in [0.25, 0.3) is 0 Å². The molecule has 0 amide bonds. The molecule has 2 fully saturated rings. The lowest BCUT2D eigenvalue weighted by Crippen LogP contribution is -2.42. The summed E-state index contributed by atoms with van der Waals surface area (Å²) >= 11 is 0. The number of hydrogen-bond acceptors (Lipinski definition) is 4. The summed E-state index contributed by atoms with van der Waals surface area (Å²) in [6.45, 7) is 2.41. The molecule has 3 unspecified atom stereocenters. The highest BCUT2D eigenvalue weighted by Crippen LogP contribution is 2.28. The van der Waals surface area contributed by atoms with Crippen LogP contribution in [0.15, 0.2) is 0 Å². The van der Waals surface area contributed by atoms with Gasteiger partial charge in [-0.2, -0.15) is 0 Å². The molecule has 0 aromatic carbocycles. The maximum Gasteiger partial charge on any atom is 0.157 e. The van der Waals surface area contributed by atoms with Gasteiger partial charge in [-0.25, -0.2) is 8.42 Å². The minimum atomic E-state index is -3.11. The average Bonchev–Trinajstić information content (AvgIpc) is 2.77. The third-order valence-electron chi connectivity index (χ3n) is 4.45. The van der Waals surface area contributed by atoms with Gasteiger partial charge in [0, 0.05) is 12.6 Å². The van der Waals surface area contributed by atoms with Crippen LogP contribution in [0.2, 0.25) is 0 Å². The molecule has 18 heavy (non-hydrogen) atoms. The summed E-state index contributed by atoms with van der Waals surface area (Å²) in [7, 11) is -3.11. The Morgan fingerprint density at radius 1 is 1.22 bits per heavy atom. The highest BCUT2D eigenvalue weighted by atomic mass is 32.2. The van der Waals surface area contributed by atoms with Crippen molar-refractivity contribution in [3.63, 3.8) is 0 Å². The lowest BCUT2D eigenvalue weighted by atomic mass is 9.85. The van der Waals surface area contributed by atoms with Gasteiger partial charge < -0.3 is 10.5 Å². The number of hydrogen-bond donors (Lipinski definition) is 1. The Kier molecular flexibility index (Phi) is 4.67. The molecule has 2 N–H and O–H groups in total. The van der Waals surface area contributed by atoms with Gasteiger partial charge in [0.1, 0.15) is 0 Å². The molecule has 4 nitrogen and oxygen atoms in total. The number of sulfone groups is 1. The van der Waals surface area contributed by atoms with Crippen molar-refractivity contribution in [2.24, 2.45) is 11.7 Å². The Bertz CT molecular complexity index is 362. The van der Waals surface area contributed by atoms with E-state index in [-0.39, 0.29) is 23.1 Å². The summed E-state index contributed by atoms with van der Waals surface area (Å²) < 4.78 is 30.0. The van der Waals surface area contributed by atoms with Crippen molar-refractivity contribution < 1.29 is 13.2 Å². The van der Waals surface area contributed by atoms with Gasteiger partial charge >= 0.3 is 0 Å². The van der Waals surface area contributed by atoms with Crippen LogP contribution in [0.5, 0.6) is 0 Å². The van der Waals surface area contributed by atoms with Crippen molar-refractivity contribution in [1.82, 2.24) is 0 Å². The summed E-state index contributed by atoms with van der Waals surface area (Å²) in [5.41, 5.74) is 6.13. The van der Waals surface area contributed by atoms with Crippen molar-refractivity contribution >= 4 is 9.84 Å². The molecule has 1 aliphatic carbocycles. The number of ether oxygens (including phenoxy) is 1. The molecule has 106 valence electrons. The van der Waals surface area contributed by atoms with Crippen molar-refractivity contribution in [3.8, 4) is 0 Å². The fraction of sp³-hybridized carbons (Fsp3) is 1.00. The molecule has 0 bridgehead atoms. The summed E-state index contributed by atoms with van der Waals surface area (Å²) in [4.78, 5) is 0. The van der Waals surface area contributed by atoms with Crippen molar-refractivity contribution in [1.29, 1.82) is 0 Å². The van der Waals surface area contributed by atoms with E-state index in [0.29, 0.717) is 18.9 Å². The minimum Gasteiger partial charge on any atom is -0.377 e. The van der Waals surface area contributed by atoms with Gasteiger partial charge in [0.2, 0.25) is 0 Å². The first-order chi connectivity index (χ1) is 8.50. The standard InChI is InChI=1S/C13H25NO3S/c1-10-13(7-8-17-10)18(15,16)9-12(14)11-5-3-2-4-6-11/h10-13H,2-9,14H2,1H3. The van der Waals surface area contributed by atoms with Crippen molar-refractivity contribution in [3.05, 3.63) is 0 Å². The lowest BCUT2D eigenvalue weighted by molar-refractivity contribution is 0.126. The predicted molar refractivity (Wildman–Crippen MR) is 72.2 cm³/mol. The highest BCUT2D eigenvalue weighted by Gasteiger charge is 2.37. The van der Waals surface area contributed by atoms with E-state index in [0.717, 1.165) is 12.8 Å².